The summed E-state index contributed by atoms with van der Waals surface area (Å²) in [6, 6.07) is -0.342. The van der Waals surface area contributed by atoms with Crippen LogP contribution in [0.1, 0.15) is 39.0 Å². The number of carbonyl (C=O) groups excluding carboxylic acids is 1. The predicted molar refractivity (Wildman–Crippen MR) is 66.0 cm³/mol. The van der Waals surface area contributed by atoms with Crippen LogP contribution in [0.15, 0.2) is 0 Å². The van der Waals surface area contributed by atoms with Crippen molar-refractivity contribution >= 4 is 17.7 Å². The molecule has 3 nitrogen and oxygen atoms in total. The van der Waals surface area contributed by atoms with Gasteiger partial charge < -0.3 is 11.1 Å². The number of carbonyl (C=O) groups is 1. The number of thioether (sulfide) groups is 1. The fraction of sp³-hybridized carbons (Fsp3) is 0.909. The van der Waals surface area contributed by atoms with Crippen LogP contribution in [-0.2, 0) is 4.79 Å². The maximum atomic E-state index is 11.5. The Balaban J connectivity index is 2.37. The summed E-state index contributed by atoms with van der Waals surface area (Å²) in [6.45, 7) is 2.71. The van der Waals surface area contributed by atoms with Gasteiger partial charge in [0.2, 0.25) is 5.91 Å². The van der Waals surface area contributed by atoms with Gasteiger partial charge in [0.1, 0.15) is 0 Å². The number of nitrogens with two attached hydrogens (primary N) is 1. The van der Waals surface area contributed by atoms with Crippen molar-refractivity contribution in [2.75, 3.05) is 12.8 Å². The zero-order valence-corrected chi connectivity index (χ0v) is 10.5. The van der Waals surface area contributed by atoms with Gasteiger partial charge >= 0.3 is 0 Å². The van der Waals surface area contributed by atoms with Crippen molar-refractivity contribution in [3.63, 3.8) is 0 Å². The molecule has 0 aliphatic heterocycles. The molecule has 1 fully saturated rings. The number of rotatable bonds is 5. The highest BCUT2D eigenvalue weighted by molar-refractivity contribution is 8.00. The van der Waals surface area contributed by atoms with Gasteiger partial charge in [-0.3, -0.25) is 4.79 Å². The minimum absolute atomic E-state index is 0.00201. The molecule has 1 amide bonds. The fourth-order valence-corrected chi connectivity index (χ4v) is 2.95. The minimum atomic E-state index is -0.342. The maximum Gasteiger partial charge on any atom is 0.236 e. The molecule has 1 saturated carbocycles. The lowest BCUT2D eigenvalue weighted by Crippen LogP contribution is -2.45. The third kappa shape index (κ3) is 3.38. The summed E-state index contributed by atoms with van der Waals surface area (Å²) in [6.07, 6.45) is 7.86. The minimum Gasteiger partial charge on any atom is -0.353 e. The Morgan fingerprint density at radius 3 is 2.60 bits per heavy atom. The van der Waals surface area contributed by atoms with Crippen molar-refractivity contribution in [2.24, 2.45) is 5.73 Å². The second-order valence-corrected chi connectivity index (χ2v) is 5.60. The fourth-order valence-electron chi connectivity index (χ4n) is 2.04. The Bertz CT molecular complexity index is 215. The summed E-state index contributed by atoms with van der Waals surface area (Å²) in [4.78, 5) is 11.5. The van der Waals surface area contributed by atoms with Gasteiger partial charge in [-0.1, -0.05) is 19.8 Å². The molecule has 3 N–H and O–H groups in total. The number of hydrogen-bond acceptors (Lipinski definition) is 3. The largest absolute Gasteiger partial charge is 0.353 e. The topological polar surface area (TPSA) is 55.1 Å². The monoisotopic (exact) mass is 230 g/mol. The second-order valence-electron chi connectivity index (χ2n) is 4.33. The summed E-state index contributed by atoms with van der Waals surface area (Å²) in [5.74, 6) is -0.00201. The van der Waals surface area contributed by atoms with E-state index >= 15 is 0 Å². The molecule has 0 heterocycles. The first-order valence-corrected chi connectivity index (χ1v) is 6.94. The molecule has 0 aromatic carbocycles. The molecule has 0 saturated heterocycles. The van der Waals surface area contributed by atoms with E-state index in [-0.39, 0.29) is 16.7 Å². The molecule has 4 heteroatoms. The first-order valence-electron chi connectivity index (χ1n) is 5.72. The van der Waals surface area contributed by atoms with Crippen molar-refractivity contribution in [3.8, 4) is 0 Å². The van der Waals surface area contributed by atoms with Crippen LogP contribution in [0.3, 0.4) is 0 Å². The van der Waals surface area contributed by atoms with E-state index in [1.807, 2.05) is 18.7 Å². The highest BCUT2D eigenvalue weighted by atomic mass is 32.2. The van der Waals surface area contributed by atoms with Gasteiger partial charge in [0.15, 0.2) is 0 Å². The number of hydrogen-bond donors (Lipinski definition) is 2. The lowest BCUT2D eigenvalue weighted by atomic mass is 10.1. The molecule has 1 atom stereocenters. The van der Waals surface area contributed by atoms with Crippen LogP contribution in [0.4, 0.5) is 0 Å². The summed E-state index contributed by atoms with van der Waals surface area (Å²) in [7, 11) is 0. The van der Waals surface area contributed by atoms with Gasteiger partial charge in [-0.05, 0) is 25.5 Å². The molecule has 0 radical (unpaired) electrons. The van der Waals surface area contributed by atoms with Crippen molar-refractivity contribution in [1.29, 1.82) is 0 Å². The van der Waals surface area contributed by atoms with Crippen LogP contribution < -0.4 is 11.1 Å². The summed E-state index contributed by atoms with van der Waals surface area (Å²) >= 11 is 1.89. The van der Waals surface area contributed by atoms with E-state index in [0.717, 1.165) is 6.54 Å². The molecule has 88 valence electrons. The van der Waals surface area contributed by atoms with Gasteiger partial charge in [-0.15, -0.1) is 0 Å². The molecule has 1 aliphatic carbocycles. The average molecular weight is 230 g/mol. The smallest absolute Gasteiger partial charge is 0.236 e. The van der Waals surface area contributed by atoms with E-state index in [4.69, 9.17) is 5.73 Å². The van der Waals surface area contributed by atoms with Crippen molar-refractivity contribution < 1.29 is 4.79 Å². The van der Waals surface area contributed by atoms with E-state index in [1.54, 1.807) is 0 Å². The Morgan fingerprint density at radius 1 is 1.53 bits per heavy atom. The van der Waals surface area contributed by atoms with Crippen LogP contribution in [0.5, 0.6) is 0 Å². The normalized spacial score (nSPS) is 21.3. The van der Waals surface area contributed by atoms with Crippen molar-refractivity contribution in [1.82, 2.24) is 5.32 Å². The molecule has 0 aromatic rings. The van der Waals surface area contributed by atoms with E-state index < -0.39 is 0 Å². The molecule has 1 aliphatic rings. The van der Waals surface area contributed by atoms with E-state index in [1.165, 1.54) is 25.7 Å². The molecular formula is C11H22N2OS. The molecule has 1 unspecified atom stereocenters. The highest BCUT2D eigenvalue weighted by Gasteiger charge is 2.33. The Labute approximate surface area is 96.6 Å². The number of nitrogens with one attached hydrogen (secondary N) is 1. The van der Waals surface area contributed by atoms with Gasteiger partial charge in [-0.2, -0.15) is 11.8 Å². The van der Waals surface area contributed by atoms with Gasteiger partial charge in [-0.25, -0.2) is 0 Å². The Kier molecular flexibility index (Phi) is 4.93. The van der Waals surface area contributed by atoms with Crippen molar-refractivity contribution in [2.45, 2.75) is 49.8 Å². The molecule has 0 aromatic heterocycles. The Morgan fingerprint density at radius 2 is 2.13 bits per heavy atom. The lowest BCUT2D eigenvalue weighted by Gasteiger charge is -2.27. The third-order valence-corrected chi connectivity index (χ3v) is 4.73. The highest BCUT2D eigenvalue weighted by Crippen LogP contribution is 2.39. The second kappa shape index (κ2) is 5.75. The quantitative estimate of drug-likeness (QED) is 0.753. The predicted octanol–water partition coefficient (Wildman–Crippen LogP) is 1.52. The first kappa shape index (κ1) is 12.8. The molecule has 0 bridgehead atoms. The molecule has 1 rings (SSSR count). The summed E-state index contributed by atoms with van der Waals surface area (Å²) in [5, 5.41) is 2.98. The zero-order valence-electron chi connectivity index (χ0n) is 9.71. The standard InChI is InChI=1S/C11H22N2OS/c1-3-9(12)10(14)13-8-11(15-2)6-4-5-7-11/h9H,3-8,12H2,1-2H3,(H,13,14). The van der Waals surface area contributed by atoms with E-state index in [9.17, 15) is 4.79 Å². The first-order chi connectivity index (χ1) is 7.13. The molecular weight excluding hydrogens is 208 g/mol. The van der Waals surface area contributed by atoms with E-state index in [0.29, 0.717) is 6.42 Å². The van der Waals surface area contributed by atoms with Crippen LogP contribution in [0, 0.1) is 0 Å². The summed E-state index contributed by atoms with van der Waals surface area (Å²) < 4.78 is 0.281. The van der Waals surface area contributed by atoms with Crippen LogP contribution in [-0.4, -0.2) is 29.5 Å². The average Bonchev–Trinajstić information content (AvgIpc) is 2.74. The molecule has 0 spiro atoms. The Hall–Kier alpha value is -0.220. The van der Waals surface area contributed by atoms with Gasteiger partial charge in [0, 0.05) is 11.3 Å². The van der Waals surface area contributed by atoms with Crippen LogP contribution >= 0.6 is 11.8 Å². The van der Waals surface area contributed by atoms with Crippen LogP contribution in [0.2, 0.25) is 0 Å². The van der Waals surface area contributed by atoms with Gasteiger partial charge in [0.05, 0.1) is 6.04 Å². The molecule has 15 heavy (non-hydrogen) atoms. The summed E-state index contributed by atoms with van der Waals surface area (Å²) in [5.41, 5.74) is 5.67. The van der Waals surface area contributed by atoms with E-state index in [2.05, 4.69) is 11.6 Å². The third-order valence-electron chi connectivity index (χ3n) is 3.31. The maximum absolute atomic E-state index is 11.5. The lowest BCUT2D eigenvalue weighted by molar-refractivity contribution is -0.122. The zero-order chi connectivity index (χ0) is 11.3. The number of amides is 1. The van der Waals surface area contributed by atoms with Gasteiger partial charge in [0.25, 0.3) is 0 Å². The SMILES string of the molecule is CCC(N)C(=O)NCC1(SC)CCCC1. The van der Waals surface area contributed by atoms with Crippen molar-refractivity contribution in [3.05, 3.63) is 0 Å². The van der Waals surface area contributed by atoms with Crippen LogP contribution in [0.25, 0.3) is 0 Å².